The van der Waals surface area contributed by atoms with E-state index >= 15 is 0 Å². The first-order valence-electron chi connectivity index (χ1n) is 6.96. The lowest BCUT2D eigenvalue weighted by atomic mass is 10.2. The summed E-state index contributed by atoms with van der Waals surface area (Å²) < 4.78 is 7.39. The number of aliphatic hydroxyl groups is 1. The number of hydrogen-bond donors (Lipinski definition) is 1. The molecule has 0 spiro atoms. The van der Waals surface area contributed by atoms with Crippen LogP contribution in [0.1, 0.15) is 37.1 Å². The smallest absolute Gasteiger partial charge is 0.119 e. The van der Waals surface area contributed by atoms with Crippen molar-refractivity contribution in [2.45, 2.75) is 39.3 Å². The van der Waals surface area contributed by atoms with Crippen molar-refractivity contribution in [2.24, 2.45) is 0 Å². The second kappa shape index (κ2) is 7.05. The molecular weight excluding hydrogens is 254 g/mol. The maximum absolute atomic E-state index is 10.2. The van der Waals surface area contributed by atoms with Crippen molar-refractivity contribution in [3.8, 4) is 5.75 Å². The lowest BCUT2D eigenvalue weighted by Crippen LogP contribution is -2.12. The van der Waals surface area contributed by atoms with Gasteiger partial charge in [0.05, 0.1) is 18.5 Å². The van der Waals surface area contributed by atoms with E-state index in [-0.39, 0.29) is 0 Å². The highest BCUT2D eigenvalue weighted by atomic mass is 16.5. The van der Waals surface area contributed by atoms with Crippen LogP contribution >= 0.6 is 0 Å². The van der Waals surface area contributed by atoms with Crippen LogP contribution in [0.3, 0.4) is 0 Å². The molecule has 1 heterocycles. The number of aryl methyl sites for hydroxylation is 2. The minimum absolute atomic E-state index is 0.460. The van der Waals surface area contributed by atoms with E-state index in [1.165, 1.54) is 0 Å². The molecule has 1 aromatic heterocycles. The SMILES string of the molecule is CCCn1nncc1C(O)CCOc1cccc(C)c1. The Balaban J connectivity index is 1.85. The molecule has 0 aliphatic rings. The van der Waals surface area contributed by atoms with Gasteiger partial charge in [-0.25, -0.2) is 4.68 Å². The second-order valence-corrected chi connectivity index (χ2v) is 4.85. The topological polar surface area (TPSA) is 60.2 Å². The lowest BCUT2D eigenvalue weighted by Gasteiger charge is -2.13. The van der Waals surface area contributed by atoms with Gasteiger partial charge < -0.3 is 9.84 Å². The fourth-order valence-electron chi connectivity index (χ4n) is 2.05. The maximum atomic E-state index is 10.2. The van der Waals surface area contributed by atoms with Gasteiger partial charge in [0.1, 0.15) is 11.9 Å². The van der Waals surface area contributed by atoms with E-state index in [1.54, 1.807) is 10.9 Å². The van der Waals surface area contributed by atoms with Crippen molar-refractivity contribution in [3.63, 3.8) is 0 Å². The maximum Gasteiger partial charge on any atom is 0.119 e. The molecule has 0 saturated heterocycles. The molecule has 0 saturated carbocycles. The van der Waals surface area contributed by atoms with Gasteiger partial charge in [0.25, 0.3) is 0 Å². The van der Waals surface area contributed by atoms with Crippen molar-refractivity contribution >= 4 is 0 Å². The summed E-state index contributed by atoms with van der Waals surface area (Å²) in [5.74, 6) is 0.831. The van der Waals surface area contributed by atoms with Gasteiger partial charge in [-0.2, -0.15) is 0 Å². The number of hydrogen-bond acceptors (Lipinski definition) is 4. The van der Waals surface area contributed by atoms with Gasteiger partial charge in [-0.15, -0.1) is 5.10 Å². The van der Waals surface area contributed by atoms with Gasteiger partial charge in [-0.05, 0) is 31.0 Å². The summed E-state index contributed by atoms with van der Waals surface area (Å²) in [6.07, 6.45) is 2.50. The third-order valence-electron chi connectivity index (χ3n) is 3.07. The third-order valence-corrected chi connectivity index (χ3v) is 3.07. The van der Waals surface area contributed by atoms with Crippen LogP contribution in [0.4, 0.5) is 0 Å². The zero-order valence-electron chi connectivity index (χ0n) is 12.0. The zero-order valence-corrected chi connectivity index (χ0v) is 12.0. The molecule has 1 atom stereocenters. The van der Waals surface area contributed by atoms with Gasteiger partial charge >= 0.3 is 0 Å². The van der Waals surface area contributed by atoms with Crippen LogP contribution < -0.4 is 4.74 Å². The first-order valence-corrected chi connectivity index (χ1v) is 6.96. The van der Waals surface area contributed by atoms with Crippen molar-refractivity contribution in [1.82, 2.24) is 15.0 Å². The van der Waals surface area contributed by atoms with Crippen molar-refractivity contribution in [1.29, 1.82) is 0 Å². The molecule has 1 N–H and O–H groups in total. The number of aromatic nitrogens is 3. The van der Waals surface area contributed by atoms with Crippen LogP contribution in [0.2, 0.25) is 0 Å². The summed E-state index contributed by atoms with van der Waals surface area (Å²) in [4.78, 5) is 0. The Bertz CT molecular complexity index is 539. The largest absolute Gasteiger partial charge is 0.493 e. The Morgan fingerprint density at radius 2 is 2.25 bits per heavy atom. The highest BCUT2D eigenvalue weighted by molar-refractivity contribution is 5.27. The average Bonchev–Trinajstić information content (AvgIpc) is 2.87. The van der Waals surface area contributed by atoms with Gasteiger partial charge in [0.15, 0.2) is 0 Å². The van der Waals surface area contributed by atoms with E-state index < -0.39 is 6.10 Å². The third kappa shape index (κ3) is 3.81. The Morgan fingerprint density at radius 3 is 3.00 bits per heavy atom. The summed E-state index contributed by atoms with van der Waals surface area (Å²) in [6, 6.07) is 7.88. The number of benzene rings is 1. The molecule has 2 rings (SSSR count). The Kier molecular flexibility index (Phi) is 5.12. The normalized spacial score (nSPS) is 12.3. The summed E-state index contributed by atoms with van der Waals surface area (Å²) in [5.41, 5.74) is 1.91. The zero-order chi connectivity index (χ0) is 14.4. The molecule has 1 unspecified atom stereocenters. The molecule has 5 heteroatoms. The summed E-state index contributed by atoms with van der Waals surface area (Å²) in [7, 11) is 0. The van der Waals surface area contributed by atoms with Crippen molar-refractivity contribution < 1.29 is 9.84 Å². The van der Waals surface area contributed by atoms with Crippen LogP contribution in [0.15, 0.2) is 30.5 Å². The lowest BCUT2D eigenvalue weighted by molar-refractivity contribution is 0.131. The van der Waals surface area contributed by atoms with Gasteiger partial charge in [-0.3, -0.25) is 0 Å². The van der Waals surface area contributed by atoms with E-state index in [9.17, 15) is 5.11 Å². The Hall–Kier alpha value is -1.88. The summed E-state index contributed by atoms with van der Waals surface area (Å²) >= 11 is 0. The minimum Gasteiger partial charge on any atom is -0.493 e. The molecule has 0 aliphatic heterocycles. The predicted octanol–water partition coefficient (Wildman–Crippen LogP) is 2.50. The highest BCUT2D eigenvalue weighted by Gasteiger charge is 2.13. The van der Waals surface area contributed by atoms with Crippen LogP contribution in [-0.4, -0.2) is 26.7 Å². The predicted molar refractivity (Wildman–Crippen MR) is 76.6 cm³/mol. The van der Waals surface area contributed by atoms with E-state index in [2.05, 4.69) is 17.2 Å². The van der Waals surface area contributed by atoms with E-state index in [0.29, 0.717) is 13.0 Å². The number of aliphatic hydroxyl groups excluding tert-OH is 1. The number of rotatable bonds is 7. The molecule has 5 nitrogen and oxygen atoms in total. The molecule has 1 aromatic carbocycles. The fourth-order valence-corrected chi connectivity index (χ4v) is 2.05. The fraction of sp³-hybridized carbons (Fsp3) is 0.467. The minimum atomic E-state index is -0.596. The monoisotopic (exact) mass is 275 g/mol. The summed E-state index contributed by atoms with van der Waals surface area (Å²) in [5, 5.41) is 18.0. The molecule has 0 aliphatic carbocycles. The second-order valence-electron chi connectivity index (χ2n) is 4.85. The van der Waals surface area contributed by atoms with Crippen LogP contribution in [0.25, 0.3) is 0 Å². The molecule has 0 radical (unpaired) electrons. The van der Waals surface area contributed by atoms with Gasteiger partial charge in [-0.1, -0.05) is 24.3 Å². The van der Waals surface area contributed by atoms with Gasteiger partial charge in [0, 0.05) is 13.0 Å². The molecule has 2 aromatic rings. The molecule has 108 valence electrons. The number of nitrogens with zero attached hydrogens (tertiary/aromatic N) is 3. The van der Waals surface area contributed by atoms with E-state index in [0.717, 1.165) is 30.0 Å². The number of ether oxygens (including phenoxy) is 1. The molecule has 20 heavy (non-hydrogen) atoms. The van der Waals surface area contributed by atoms with Crippen molar-refractivity contribution in [2.75, 3.05) is 6.61 Å². The molecular formula is C15H21N3O2. The van der Waals surface area contributed by atoms with Crippen LogP contribution in [-0.2, 0) is 6.54 Å². The van der Waals surface area contributed by atoms with E-state index in [4.69, 9.17) is 4.74 Å². The quantitative estimate of drug-likeness (QED) is 0.843. The average molecular weight is 275 g/mol. The molecule has 0 amide bonds. The standard InChI is InChI=1S/C15H21N3O2/c1-3-8-18-14(11-16-17-18)15(19)7-9-20-13-6-4-5-12(2)10-13/h4-6,10-11,15,19H,3,7-9H2,1-2H3. The van der Waals surface area contributed by atoms with Crippen LogP contribution in [0.5, 0.6) is 5.75 Å². The summed E-state index contributed by atoms with van der Waals surface area (Å²) in [6.45, 7) is 5.32. The Morgan fingerprint density at radius 1 is 1.40 bits per heavy atom. The molecule has 0 fully saturated rings. The first kappa shape index (κ1) is 14.5. The highest BCUT2D eigenvalue weighted by Crippen LogP contribution is 2.17. The first-order chi connectivity index (χ1) is 9.70. The molecule has 0 bridgehead atoms. The van der Waals surface area contributed by atoms with Crippen molar-refractivity contribution in [3.05, 3.63) is 41.7 Å². The van der Waals surface area contributed by atoms with E-state index in [1.807, 2.05) is 31.2 Å². The Labute approximate surface area is 119 Å². The van der Waals surface area contributed by atoms with Gasteiger partial charge in [0.2, 0.25) is 0 Å². The van der Waals surface area contributed by atoms with Crippen LogP contribution in [0, 0.1) is 6.92 Å².